The van der Waals surface area contributed by atoms with Crippen molar-refractivity contribution in [1.29, 1.82) is 0 Å². The molecule has 0 spiro atoms. The topological polar surface area (TPSA) is 47.6 Å². The fourth-order valence-electron chi connectivity index (χ4n) is 1.43. The fourth-order valence-corrected chi connectivity index (χ4v) is 2.97. The molecule has 0 heterocycles. The molecule has 1 aromatic carbocycles. The average Bonchev–Trinajstić information content (AvgIpc) is 2.27. The average molecular weight is 283 g/mol. The third kappa shape index (κ3) is 6.58. The molecule has 0 saturated carbocycles. The van der Waals surface area contributed by atoms with Crippen LogP contribution in [0.15, 0.2) is 36.5 Å². The maximum Gasteiger partial charge on any atom is 0.432 e. The Morgan fingerprint density at radius 3 is 2.05 bits per heavy atom. The predicted molar refractivity (Wildman–Crippen MR) is 78.7 cm³/mol. The zero-order valence-corrected chi connectivity index (χ0v) is 12.8. The summed E-state index contributed by atoms with van der Waals surface area (Å²) >= 11 is 0. The summed E-state index contributed by atoms with van der Waals surface area (Å²) in [6, 6.07) is 9.73. The number of benzene rings is 1. The molecule has 106 valence electrons. The van der Waals surface area contributed by atoms with E-state index in [0.717, 1.165) is 5.56 Å². The van der Waals surface area contributed by atoms with Crippen molar-refractivity contribution in [1.82, 2.24) is 5.09 Å². The number of rotatable bonds is 7. The van der Waals surface area contributed by atoms with E-state index in [1.165, 1.54) is 0 Å². The van der Waals surface area contributed by atoms with E-state index in [4.69, 9.17) is 9.05 Å². The first kappa shape index (κ1) is 16.0. The molecule has 0 saturated heterocycles. The lowest BCUT2D eigenvalue weighted by Gasteiger charge is -2.22. The van der Waals surface area contributed by atoms with Crippen molar-refractivity contribution in [3.8, 4) is 0 Å². The van der Waals surface area contributed by atoms with Gasteiger partial charge in [0.05, 0.1) is 12.2 Å². The molecule has 0 bridgehead atoms. The van der Waals surface area contributed by atoms with Gasteiger partial charge in [-0.05, 0) is 39.3 Å². The van der Waals surface area contributed by atoms with Gasteiger partial charge in [-0.25, -0.2) is 4.57 Å². The van der Waals surface area contributed by atoms with Crippen LogP contribution >= 0.6 is 7.75 Å². The van der Waals surface area contributed by atoms with E-state index in [9.17, 15) is 4.57 Å². The van der Waals surface area contributed by atoms with Crippen LogP contribution < -0.4 is 5.09 Å². The van der Waals surface area contributed by atoms with E-state index in [0.29, 0.717) is 0 Å². The Balaban J connectivity index is 2.68. The van der Waals surface area contributed by atoms with Crippen LogP contribution in [0.1, 0.15) is 33.3 Å². The summed E-state index contributed by atoms with van der Waals surface area (Å²) < 4.78 is 23.1. The Kier molecular flexibility index (Phi) is 6.29. The first-order valence-electron chi connectivity index (χ1n) is 6.37. The molecule has 0 aromatic heterocycles. The maximum absolute atomic E-state index is 12.4. The van der Waals surface area contributed by atoms with Gasteiger partial charge in [0.15, 0.2) is 0 Å². The summed E-state index contributed by atoms with van der Waals surface area (Å²) in [4.78, 5) is 0. The van der Waals surface area contributed by atoms with Gasteiger partial charge < -0.3 is 0 Å². The third-order valence-corrected chi connectivity index (χ3v) is 3.87. The predicted octanol–water partition coefficient (Wildman–Crippen LogP) is 4.21. The first-order chi connectivity index (χ1) is 8.91. The quantitative estimate of drug-likeness (QED) is 0.762. The summed E-state index contributed by atoms with van der Waals surface area (Å²) in [6.07, 6.45) is 3.06. The third-order valence-electron chi connectivity index (χ3n) is 2.01. The van der Waals surface area contributed by atoms with Gasteiger partial charge in [0, 0.05) is 6.20 Å². The minimum Gasteiger partial charge on any atom is -0.300 e. The van der Waals surface area contributed by atoms with Gasteiger partial charge in [-0.15, -0.1) is 0 Å². The Labute approximate surface area is 115 Å². The summed E-state index contributed by atoms with van der Waals surface area (Å²) in [5.41, 5.74) is 1.01. The Morgan fingerprint density at radius 1 is 1.05 bits per heavy atom. The van der Waals surface area contributed by atoms with Gasteiger partial charge in [-0.2, -0.15) is 0 Å². The fraction of sp³-hybridized carbons (Fsp3) is 0.429. The van der Waals surface area contributed by atoms with Crippen molar-refractivity contribution < 1.29 is 13.6 Å². The Morgan fingerprint density at radius 2 is 1.58 bits per heavy atom. The van der Waals surface area contributed by atoms with Crippen molar-refractivity contribution >= 4 is 13.8 Å². The number of hydrogen-bond donors (Lipinski definition) is 1. The van der Waals surface area contributed by atoms with Crippen molar-refractivity contribution in [3.05, 3.63) is 42.1 Å². The molecular weight excluding hydrogens is 261 g/mol. The van der Waals surface area contributed by atoms with E-state index >= 15 is 0 Å². The minimum absolute atomic E-state index is 0.179. The van der Waals surface area contributed by atoms with Gasteiger partial charge in [0.25, 0.3) is 0 Å². The molecule has 0 aliphatic rings. The summed E-state index contributed by atoms with van der Waals surface area (Å²) in [5.74, 6) is 0. The van der Waals surface area contributed by atoms with Crippen LogP contribution in [0.5, 0.6) is 0 Å². The number of hydrogen-bond acceptors (Lipinski definition) is 3. The van der Waals surface area contributed by atoms with Crippen molar-refractivity contribution in [2.75, 3.05) is 0 Å². The van der Waals surface area contributed by atoms with E-state index in [1.807, 2.05) is 64.1 Å². The van der Waals surface area contributed by atoms with E-state index in [1.54, 1.807) is 6.20 Å². The van der Waals surface area contributed by atoms with E-state index in [-0.39, 0.29) is 12.2 Å². The first-order valence-corrected chi connectivity index (χ1v) is 7.92. The molecule has 0 fully saturated rings. The van der Waals surface area contributed by atoms with Crippen LogP contribution in [-0.4, -0.2) is 12.2 Å². The van der Waals surface area contributed by atoms with Crippen LogP contribution in [0.2, 0.25) is 0 Å². The lowest BCUT2D eigenvalue weighted by Crippen LogP contribution is -2.15. The van der Waals surface area contributed by atoms with Crippen LogP contribution in [0, 0.1) is 0 Å². The van der Waals surface area contributed by atoms with Crippen molar-refractivity contribution in [3.63, 3.8) is 0 Å². The number of nitrogens with one attached hydrogen (secondary N) is 1. The molecule has 1 N–H and O–H groups in total. The molecule has 0 aliphatic heterocycles. The second-order valence-corrected chi connectivity index (χ2v) is 6.35. The molecule has 4 nitrogen and oxygen atoms in total. The monoisotopic (exact) mass is 283 g/mol. The molecule has 19 heavy (non-hydrogen) atoms. The molecule has 0 unspecified atom stereocenters. The highest BCUT2D eigenvalue weighted by molar-refractivity contribution is 7.51. The van der Waals surface area contributed by atoms with Gasteiger partial charge in [-0.3, -0.25) is 14.1 Å². The summed E-state index contributed by atoms with van der Waals surface area (Å²) in [7, 11) is -3.31. The van der Waals surface area contributed by atoms with Crippen molar-refractivity contribution in [2.45, 2.75) is 39.9 Å². The second kappa shape index (κ2) is 7.49. The van der Waals surface area contributed by atoms with Crippen LogP contribution in [-0.2, 0) is 13.6 Å². The van der Waals surface area contributed by atoms with Gasteiger partial charge >= 0.3 is 7.75 Å². The normalized spacial score (nSPS) is 12.5. The van der Waals surface area contributed by atoms with Gasteiger partial charge in [-0.1, -0.05) is 30.3 Å². The maximum atomic E-state index is 12.4. The second-order valence-electron chi connectivity index (χ2n) is 4.68. The lowest BCUT2D eigenvalue weighted by molar-refractivity contribution is 0.138. The molecular formula is C14H22NO3P. The zero-order chi connectivity index (χ0) is 14.3. The largest absolute Gasteiger partial charge is 0.432 e. The molecule has 1 aromatic rings. The Bertz CT molecular complexity index is 429. The van der Waals surface area contributed by atoms with E-state index < -0.39 is 7.75 Å². The minimum atomic E-state index is -3.31. The smallest absolute Gasteiger partial charge is 0.300 e. The molecule has 0 radical (unpaired) electrons. The highest BCUT2D eigenvalue weighted by atomic mass is 31.2. The molecule has 5 heteroatoms. The Hall–Kier alpha value is -1.09. The van der Waals surface area contributed by atoms with Crippen molar-refractivity contribution in [2.24, 2.45) is 0 Å². The molecule has 1 rings (SSSR count). The SMILES string of the molecule is CC(C)OP(=O)(NC=Cc1ccccc1)OC(C)C. The van der Waals surface area contributed by atoms with Crippen LogP contribution in [0.25, 0.3) is 6.08 Å². The molecule has 0 atom stereocenters. The standard InChI is InChI=1S/C14H22NO3P/c1-12(2)17-19(16,18-13(3)4)15-11-10-14-8-6-5-7-9-14/h5-13H,1-4H3,(H,15,16). The van der Waals surface area contributed by atoms with Gasteiger partial charge in [0.1, 0.15) is 0 Å². The summed E-state index contributed by atoms with van der Waals surface area (Å²) in [6.45, 7) is 7.27. The van der Waals surface area contributed by atoms with Gasteiger partial charge in [0.2, 0.25) is 0 Å². The van der Waals surface area contributed by atoms with E-state index in [2.05, 4.69) is 5.09 Å². The highest BCUT2D eigenvalue weighted by Gasteiger charge is 2.26. The molecule has 0 aliphatic carbocycles. The van der Waals surface area contributed by atoms with Crippen LogP contribution in [0.4, 0.5) is 0 Å². The lowest BCUT2D eigenvalue weighted by atomic mass is 10.2. The van der Waals surface area contributed by atoms with Crippen LogP contribution in [0.3, 0.4) is 0 Å². The highest BCUT2D eigenvalue weighted by Crippen LogP contribution is 2.46. The summed E-state index contributed by atoms with van der Waals surface area (Å²) in [5, 5.41) is 2.74. The molecule has 0 amide bonds. The zero-order valence-electron chi connectivity index (χ0n) is 11.9.